The van der Waals surface area contributed by atoms with Crippen LogP contribution in [0.15, 0.2) is 41.8 Å². The van der Waals surface area contributed by atoms with Crippen molar-refractivity contribution in [1.82, 2.24) is 4.90 Å². The summed E-state index contributed by atoms with van der Waals surface area (Å²) in [6.07, 6.45) is 5.21. The van der Waals surface area contributed by atoms with Crippen LogP contribution in [0.1, 0.15) is 25.3 Å². The maximum Gasteiger partial charge on any atom is 0.293 e. The highest BCUT2D eigenvalue weighted by Crippen LogP contribution is 2.32. The number of rotatable bonds is 7. The number of amides is 2. The third-order valence-electron chi connectivity index (χ3n) is 3.15. The van der Waals surface area contributed by atoms with Gasteiger partial charge in [-0.2, -0.15) is 0 Å². The lowest BCUT2D eigenvalue weighted by atomic mass is 10.2. The van der Waals surface area contributed by atoms with E-state index in [0.717, 1.165) is 35.9 Å². The molecule has 1 heterocycles. The van der Waals surface area contributed by atoms with Crippen LogP contribution < -0.4 is 4.74 Å². The van der Waals surface area contributed by atoms with Crippen LogP contribution in [-0.2, 0) is 4.79 Å². The minimum atomic E-state index is -0.199. The first-order valence-corrected chi connectivity index (χ1v) is 8.06. The Labute approximate surface area is 134 Å². The van der Waals surface area contributed by atoms with E-state index in [1.165, 1.54) is 4.90 Å². The number of thioether (sulfide) groups is 1. The monoisotopic (exact) mass is 317 g/mol. The number of imide groups is 1. The van der Waals surface area contributed by atoms with Gasteiger partial charge in [-0.05, 0) is 42.0 Å². The van der Waals surface area contributed by atoms with Crippen molar-refractivity contribution < 1.29 is 14.3 Å². The fourth-order valence-corrected chi connectivity index (χ4v) is 2.84. The normalized spacial score (nSPS) is 16.4. The zero-order chi connectivity index (χ0) is 15.9. The van der Waals surface area contributed by atoms with Gasteiger partial charge in [-0.15, -0.1) is 0 Å². The number of ether oxygens (including phenoxy) is 1. The van der Waals surface area contributed by atoms with Gasteiger partial charge in [0, 0.05) is 6.54 Å². The minimum Gasteiger partial charge on any atom is -0.490 e. The summed E-state index contributed by atoms with van der Waals surface area (Å²) in [7, 11) is 0. The second kappa shape index (κ2) is 7.84. The Morgan fingerprint density at radius 2 is 2.00 bits per heavy atom. The van der Waals surface area contributed by atoms with Crippen LogP contribution in [0.4, 0.5) is 4.79 Å². The third kappa shape index (κ3) is 4.01. The lowest BCUT2D eigenvalue weighted by Crippen LogP contribution is -2.29. The first-order valence-electron chi connectivity index (χ1n) is 7.25. The summed E-state index contributed by atoms with van der Waals surface area (Å²) in [4.78, 5) is 25.9. The molecule has 0 unspecified atom stereocenters. The zero-order valence-electron chi connectivity index (χ0n) is 12.6. The predicted octanol–water partition coefficient (Wildman–Crippen LogP) is 4.09. The topological polar surface area (TPSA) is 46.6 Å². The second-order valence-electron chi connectivity index (χ2n) is 4.86. The molecule has 1 fully saturated rings. The molecule has 1 saturated heterocycles. The van der Waals surface area contributed by atoms with Gasteiger partial charge in [0.05, 0.1) is 4.91 Å². The van der Waals surface area contributed by atoms with E-state index in [1.807, 2.05) is 31.2 Å². The minimum absolute atomic E-state index is 0.185. The molecule has 0 radical (unpaired) electrons. The SMILES string of the molecule is C=CCOc1ccc(/C=C2\SC(=O)N(CCCC)C2=O)cc1. The van der Waals surface area contributed by atoms with Crippen LogP contribution in [-0.4, -0.2) is 29.2 Å². The van der Waals surface area contributed by atoms with Crippen molar-refractivity contribution in [2.75, 3.05) is 13.2 Å². The standard InChI is InChI=1S/C17H19NO3S/c1-3-5-10-18-16(19)15(22-17(18)20)12-13-6-8-14(9-7-13)21-11-4-2/h4,6-9,12H,2-3,5,10-11H2,1H3/b15-12-. The van der Waals surface area contributed by atoms with Gasteiger partial charge in [0.1, 0.15) is 12.4 Å². The molecule has 1 aromatic rings. The molecule has 0 aliphatic carbocycles. The third-order valence-corrected chi connectivity index (χ3v) is 4.06. The van der Waals surface area contributed by atoms with E-state index >= 15 is 0 Å². The lowest BCUT2D eigenvalue weighted by molar-refractivity contribution is -0.122. The van der Waals surface area contributed by atoms with Crippen LogP contribution >= 0.6 is 11.8 Å². The summed E-state index contributed by atoms with van der Waals surface area (Å²) < 4.78 is 5.41. The second-order valence-corrected chi connectivity index (χ2v) is 5.85. The summed E-state index contributed by atoms with van der Waals surface area (Å²) in [6, 6.07) is 7.38. The highest BCUT2D eigenvalue weighted by molar-refractivity contribution is 8.18. The van der Waals surface area contributed by atoms with Crippen molar-refractivity contribution in [2.45, 2.75) is 19.8 Å². The van der Waals surface area contributed by atoms with Crippen LogP contribution in [0, 0.1) is 0 Å². The molecule has 5 heteroatoms. The number of hydrogen-bond donors (Lipinski definition) is 0. The Bertz CT molecular complexity index is 592. The first-order chi connectivity index (χ1) is 10.7. The van der Waals surface area contributed by atoms with Crippen LogP contribution in [0.2, 0.25) is 0 Å². The van der Waals surface area contributed by atoms with Gasteiger partial charge in [0.15, 0.2) is 0 Å². The summed E-state index contributed by atoms with van der Waals surface area (Å²) in [5.41, 5.74) is 0.868. The molecular formula is C17H19NO3S. The average Bonchev–Trinajstić information content (AvgIpc) is 2.79. The Kier molecular flexibility index (Phi) is 5.83. The number of carbonyl (C=O) groups is 2. The quantitative estimate of drug-likeness (QED) is 0.561. The van der Waals surface area contributed by atoms with Crippen molar-refractivity contribution in [3.63, 3.8) is 0 Å². The fraction of sp³-hybridized carbons (Fsp3) is 0.294. The molecule has 22 heavy (non-hydrogen) atoms. The summed E-state index contributed by atoms with van der Waals surface area (Å²) in [5, 5.41) is -0.185. The molecular weight excluding hydrogens is 298 g/mol. The predicted molar refractivity (Wildman–Crippen MR) is 89.7 cm³/mol. The van der Waals surface area contributed by atoms with Crippen molar-refractivity contribution >= 4 is 29.0 Å². The van der Waals surface area contributed by atoms with E-state index in [4.69, 9.17) is 4.74 Å². The van der Waals surface area contributed by atoms with Gasteiger partial charge >= 0.3 is 0 Å². The van der Waals surface area contributed by atoms with Gasteiger partial charge < -0.3 is 4.74 Å². The molecule has 2 rings (SSSR count). The van der Waals surface area contributed by atoms with Gasteiger partial charge in [-0.1, -0.05) is 38.1 Å². The van der Waals surface area contributed by atoms with Crippen LogP contribution in [0.3, 0.4) is 0 Å². The van der Waals surface area contributed by atoms with E-state index in [9.17, 15) is 9.59 Å². The lowest BCUT2D eigenvalue weighted by Gasteiger charge is -2.10. The van der Waals surface area contributed by atoms with Crippen LogP contribution in [0.25, 0.3) is 6.08 Å². The maximum atomic E-state index is 12.2. The van der Waals surface area contributed by atoms with E-state index in [1.54, 1.807) is 12.2 Å². The molecule has 2 amide bonds. The highest BCUT2D eigenvalue weighted by Gasteiger charge is 2.34. The van der Waals surface area contributed by atoms with Crippen molar-refractivity contribution in [2.24, 2.45) is 0 Å². The zero-order valence-corrected chi connectivity index (χ0v) is 13.4. The Morgan fingerprint density at radius 1 is 1.27 bits per heavy atom. The molecule has 1 aliphatic rings. The van der Waals surface area contributed by atoms with E-state index in [0.29, 0.717) is 18.1 Å². The van der Waals surface area contributed by atoms with E-state index in [2.05, 4.69) is 6.58 Å². The highest BCUT2D eigenvalue weighted by atomic mass is 32.2. The largest absolute Gasteiger partial charge is 0.490 e. The molecule has 116 valence electrons. The Morgan fingerprint density at radius 3 is 2.64 bits per heavy atom. The first kappa shape index (κ1) is 16.4. The molecule has 0 atom stereocenters. The van der Waals surface area contributed by atoms with Gasteiger partial charge in [-0.3, -0.25) is 14.5 Å². The van der Waals surface area contributed by atoms with E-state index in [-0.39, 0.29) is 11.1 Å². The summed E-state index contributed by atoms with van der Waals surface area (Å²) >= 11 is 0.999. The Balaban J connectivity index is 2.07. The number of hydrogen-bond acceptors (Lipinski definition) is 4. The molecule has 1 aromatic carbocycles. The summed E-state index contributed by atoms with van der Waals surface area (Å²) in [5.74, 6) is 0.545. The maximum absolute atomic E-state index is 12.2. The molecule has 0 bridgehead atoms. The number of carbonyl (C=O) groups excluding carboxylic acids is 2. The van der Waals surface area contributed by atoms with Crippen molar-refractivity contribution in [3.8, 4) is 5.75 Å². The van der Waals surface area contributed by atoms with Gasteiger partial charge in [0.25, 0.3) is 11.1 Å². The van der Waals surface area contributed by atoms with Gasteiger partial charge in [0.2, 0.25) is 0 Å². The molecule has 0 aromatic heterocycles. The molecule has 4 nitrogen and oxygen atoms in total. The molecule has 0 spiro atoms. The number of unbranched alkanes of at least 4 members (excludes halogenated alkanes) is 1. The van der Waals surface area contributed by atoms with E-state index < -0.39 is 0 Å². The van der Waals surface area contributed by atoms with Crippen molar-refractivity contribution in [1.29, 1.82) is 0 Å². The van der Waals surface area contributed by atoms with Crippen LogP contribution in [0.5, 0.6) is 5.75 Å². The smallest absolute Gasteiger partial charge is 0.293 e. The Hall–Kier alpha value is -2.01. The number of nitrogens with zero attached hydrogens (tertiary/aromatic N) is 1. The van der Waals surface area contributed by atoms with Crippen molar-refractivity contribution in [3.05, 3.63) is 47.4 Å². The fourth-order valence-electron chi connectivity index (χ4n) is 1.98. The van der Waals surface area contributed by atoms with Gasteiger partial charge in [-0.25, -0.2) is 0 Å². The number of benzene rings is 1. The molecule has 0 saturated carbocycles. The summed E-state index contributed by atoms with van der Waals surface area (Å²) in [6.45, 7) is 6.57. The molecule has 0 N–H and O–H groups in total. The average molecular weight is 317 g/mol. The molecule has 1 aliphatic heterocycles.